The summed E-state index contributed by atoms with van der Waals surface area (Å²) in [6.45, 7) is 8.84. The first-order chi connectivity index (χ1) is 10.5. The number of allylic oxidation sites excluding steroid dienone is 4. The van der Waals surface area contributed by atoms with Crippen LogP contribution >= 0.6 is 0 Å². The van der Waals surface area contributed by atoms with Gasteiger partial charge in [-0.15, -0.1) is 0 Å². The molecule has 1 aromatic rings. The number of hydrogen-bond acceptors (Lipinski definition) is 1. The van der Waals surface area contributed by atoms with Crippen molar-refractivity contribution in [2.24, 2.45) is 0 Å². The van der Waals surface area contributed by atoms with Crippen LogP contribution in [0.2, 0.25) is 0 Å². The average Bonchev–Trinajstić information content (AvgIpc) is 2.46. The molecular weight excluding hydrogens is 268 g/mol. The zero-order chi connectivity index (χ0) is 16.0. The predicted octanol–water partition coefficient (Wildman–Crippen LogP) is 6.24. The fraction of sp³-hybridized carbons (Fsp3) is 0.524. The number of benzene rings is 1. The molecule has 0 N–H and O–H groups in total. The molecule has 2 rings (SSSR count). The van der Waals surface area contributed by atoms with Crippen molar-refractivity contribution in [1.82, 2.24) is 0 Å². The van der Waals surface area contributed by atoms with Crippen molar-refractivity contribution in [2.45, 2.75) is 71.8 Å². The SMILES string of the molecule is CC(C)=CCCC(C)=CCCC1(C)CCc2ccccc2O1. The zero-order valence-electron chi connectivity index (χ0n) is 14.6. The molecule has 1 aromatic carbocycles. The maximum absolute atomic E-state index is 6.28. The molecule has 0 amide bonds. The number of fused-ring (bicyclic) bond motifs is 1. The molecule has 0 saturated heterocycles. The van der Waals surface area contributed by atoms with Crippen LogP contribution in [0.25, 0.3) is 0 Å². The van der Waals surface area contributed by atoms with Gasteiger partial charge in [0.2, 0.25) is 0 Å². The third kappa shape index (κ3) is 5.05. The van der Waals surface area contributed by atoms with Crippen LogP contribution in [0.15, 0.2) is 47.6 Å². The van der Waals surface area contributed by atoms with Crippen LogP contribution in [0.5, 0.6) is 5.75 Å². The number of rotatable bonds is 6. The first kappa shape index (κ1) is 16.9. The lowest BCUT2D eigenvalue weighted by Gasteiger charge is -2.35. The van der Waals surface area contributed by atoms with Crippen molar-refractivity contribution in [3.63, 3.8) is 0 Å². The van der Waals surface area contributed by atoms with Gasteiger partial charge in [0.15, 0.2) is 0 Å². The normalized spacial score (nSPS) is 21.0. The quantitative estimate of drug-likeness (QED) is 0.564. The Bertz CT molecular complexity index is 549. The van der Waals surface area contributed by atoms with Gasteiger partial charge in [0.1, 0.15) is 11.4 Å². The Morgan fingerprint density at radius 3 is 2.68 bits per heavy atom. The molecule has 120 valence electrons. The van der Waals surface area contributed by atoms with Crippen molar-refractivity contribution in [3.05, 3.63) is 53.1 Å². The Morgan fingerprint density at radius 2 is 1.91 bits per heavy atom. The zero-order valence-corrected chi connectivity index (χ0v) is 14.6. The molecule has 0 spiro atoms. The lowest BCUT2D eigenvalue weighted by atomic mass is 9.88. The summed E-state index contributed by atoms with van der Waals surface area (Å²) in [6, 6.07) is 8.46. The van der Waals surface area contributed by atoms with Crippen LogP contribution in [0.1, 0.15) is 65.4 Å². The summed E-state index contributed by atoms with van der Waals surface area (Å²) in [5.41, 5.74) is 4.26. The van der Waals surface area contributed by atoms with E-state index in [9.17, 15) is 0 Å². The van der Waals surface area contributed by atoms with Crippen LogP contribution in [0.3, 0.4) is 0 Å². The predicted molar refractivity (Wildman–Crippen MR) is 95.5 cm³/mol. The van der Waals surface area contributed by atoms with Crippen LogP contribution in [-0.2, 0) is 6.42 Å². The Labute approximate surface area is 136 Å². The molecule has 1 aliphatic rings. The summed E-state index contributed by atoms with van der Waals surface area (Å²) in [5, 5.41) is 0. The molecule has 0 saturated carbocycles. The van der Waals surface area contributed by atoms with Gasteiger partial charge in [-0.1, -0.05) is 41.5 Å². The van der Waals surface area contributed by atoms with Crippen LogP contribution in [0.4, 0.5) is 0 Å². The summed E-state index contributed by atoms with van der Waals surface area (Å²) >= 11 is 0. The highest BCUT2D eigenvalue weighted by Gasteiger charge is 2.30. The van der Waals surface area contributed by atoms with E-state index in [-0.39, 0.29) is 5.60 Å². The van der Waals surface area contributed by atoms with E-state index in [1.165, 1.54) is 23.1 Å². The van der Waals surface area contributed by atoms with E-state index in [0.717, 1.165) is 37.9 Å². The molecule has 0 radical (unpaired) electrons. The highest BCUT2D eigenvalue weighted by Crippen LogP contribution is 2.35. The topological polar surface area (TPSA) is 9.23 Å². The first-order valence-corrected chi connectivity index (χ1v) is 8.54. The second-order valence-corrected chi connectivity index (χ2v) is 7.07. The summed E-state index contributed by atoms with van der Waals surface area (Å²) < 4.78 is 6.28. The smallest absolute Gasteiger partial charge is 0.123 e. The van der Waals surface area contributed by atoms with Crippen LogP contribution in [0, 0.1) is 0 Å². The van der Waals surface area contributed by atoms with E-state index < -0.39 is 0 Å². The van der Waals surface area contributed by atoms with Gasteiger partial charge in [-0.3, -0.25) is 0 Å². The molecule has 1 unspecified atom stereocenters. The van der Waals surface area contributed by atoms with Crippen LogP contribution in [-0.4, -0.2) is 5.60 Å². The van der Waals surface area contributed by atoms with Crippen molar-refractivity contribution in [2.75, 3.05) is 0 Å². The maximum atomic E-state index is 6.28. The van der Waals surface area contributed by atoms with Gasteiger partial charge in [0.05, 0.1) is 0 Å². The fourth-order valence-corrected chi connectivity index (χ4v) is 3.02. The summed E-state index contributed by atoms with van der Waals surface area (Å²) in [4.78, 5) is 0. The van der Waals surface area contributed by atoms with E-state index in [2.05, 4.69) is 64.1 Å². The Morgan fingerprint density at radius 1 is 1.14 bits per heavy atom. The van der Waals surface area contributed by atoms with Gasteiger partial charge in [0.25, 0.3) is 0 Å². The van der Waals surface area contributed by atoms with Gasteiger partial charge >= 0.3 is 0 Å². The second kappa shape index (κ2) is 7.67. The summed E-state index contributed by atoms with van der Waals surface area (Å²) in [6.07, 6.45) is 11.5. The highest BCUT2D eigenvalue weighted by atomic mass is 16.5. The minimum absolute atomic E-state index is 0.00889. The number of aryl methyl sites for hydroxylation is 1. The minimum Gasteiger partial charge on any atom is -0.487 e. The van der Waals surface area contributed by atoms with Gasteiger partial charge in [-0.25, -0.2) is 0 Å². The molecule has 0 aliphatic carbocycles. The van der Waals surface area contributed by atoms with Gasteiger partial charge in [-0.05, 0) is 77.8 Å². The second-order valence-electron chi connectivity index (χ2n) is 7.07. The van der Waals surface area contributed by atoms with E-state index in [1.54, 1.807) is 0 Å². The molecule has 1 aliphatic heterocycles. The molecule has 1 heteroatoms. The number of ether oxygens (including phenoxy) is 1. The molecule has 0 fully saturated rings. The fourth-order valence-electron chi connectivity index (χ4n) is 3.02. The Hall–Kier alpha value is -1.50. The van der Waals surface area contributed by atoms with Gasteiger partial charge in [-0.2, -0.15) is 0 Å². The third-order valence-electron chi connectivity index (χ3n) is 4.51. The number of para-hydroxylation sites is 1. The van der Waals surface area contributed by atoms with Crippen molar-refractivity contribution < 1.29 is 4.74 Å². The summed E-state index contributed by atoms with van der Waals surface area (Å²) in [7, 11) is 0. The van der Waals surface area contributed by atoms with Crippen molar-refractivity contribution in [1.29, 1.82) is 0 Å². The molecular formula is C21H30O. The molecule has 22 heavy (non-hydrogen) atoms. The standard InChI is InChI=1S/C21H30O/c1-17(2)9-7-10-18(3)11-8-15-21(4)16-14-19-12-5-6-13-20(19)22-21/h5-6,9,11-13H,7-8,10,14-16H2,1-4H3. The molecule has 1 nitrogen and oxygen atoms in total. The maximum Gasteiger partial charge on any atom is 0.123 e. The van der Waals surface area contributed by atoms with Gasteiger partial charge in [0, 0.05) is 0 Å². The Kier molecular flexibility index (Phi) is 5.88. The van der Waals surface area contributed by atoms with E-state index >= 15 is 0 Å². The van der Waals surface area contributed by atoms with E-state index in [4.69, 9.17) is 4.74 Å². The highest BCUT2D eigenvalue weighted by molar-refractivity contribution is 5.35. The lowest BCUT2D eigenvalue weighted by molar-refractivity contribution is 0.0572. The first-order valence-electron chi connectivity index (χ1n) is 8.54. The van der Waals surface area contributed by atoms with E-state index in [1.807, 2.05) is 0 Å². The molecule has 1 heterocycles. The minimum atomic E-state index is -0.00889. The number of hydrogen-bond donors (Lipinski definition) is 0. The van der Waals surface area contributed by atoms with Crippen molar-refractivity contribution >= 4 is 0 Å². The lowest BCUT2D eigenvalue weighted by Crippen LogP contribution is -2.36. The van der Waals surface area contributed by atoms with Crippen molar-refractivity contribution in [3.8, 4) is 5.75 Å². The Balaban J connectivity index is 1.83. The molecule has 1 atom stereocenters. The average molecular weight is 298 g/mol. The third-order valence-corrected chi connectivity index (χ3v) is 4.51. The summed E-state index contributed by atoms with van der Waals surface area (Å²) in [5.74, 6) is 1.08. The monoisotopic (exact) mass is 298 g/mol. The largest absolute Gasteiger partial charge is 0.487 e. The molecule has 0 aromatic heterocycles. The van der Waals surface area contributed by atoms with E-state index in [0.29, 0.717) is 0 Å². The van der Waals surface area contributed by atoms with Gasteiger partial charge < -0.3 is 4.74 Å². The molecule has 0 bridgehead atoms. The van der Waals surface area contributed by atoms with Crippen LogP contribution < -0.4 is 4.74 Å².